The van der Waals surface area contributed by atoms with Crippen LogP contribution in [0.1, 0.15) is 18.5 Å². The molecular formula is C10H13NO3. The molecule has 1 rings (SSSR count). The van der Waals surface area contributed by atoms with Crippen LogP contribution in [0.5, 0.6) is 5.75 Å². The van der Waals surface area contributed by atoms with Crippen LogP contribution in [0.15, 0.2) is 24.3 Å². The minimum Gasteiger partial charge on any atom is -0.497 e. The third-order valence-corrected chi connectivity index (χ3v) is 1.96. The lowest BCUT2D eigenvalue weighted by molar-refractivity contribution is 0.191. The Balaban J connectivity index is 2.71. The van der Waals surface area contributed by atoms with Crippen LogP contribution in [-0.4, -0.2) is 18.3 Å². The maximum absolute atomic E-state index is 10.4. The molecule has 2 N–H and O–H groups in total. The average molecular weight is 195 g/mol. The number of hydrogen-bond donors (Lipinski definition) is 2. The van der Waals surface area contributed by atoms with Crippen LogP contribution in [0.25, 0.3) is 0 Å². The van der Waals surface area contributed by atoms with Gasteiger partial charge in [-0.25, -0.2) is 4.79 Å². The first-order chi connectivity index (χ1) is 6.63. The van der Waals surface area contributed by atoms with Crippen molar-refractivity contribution in [2.24, 2.45) is 0 Å². The summed E-state index contributed by atoms with van der Waals surface area (Å²) in [6.45, 7) is 1.79. The van der Waals surface area contributed by atoms with E-state index < -0.39 is 6.09 Å². The molecule has 1 amide bonds. The molecule has 0 saturated carbocycles. The van der Waals surface area contributed by atoms with E-state index in [-0.39, 0.29) is 6.04 Å². The van der Waals surface area contributed by atoms with Crippen LogP contribution >= 0.6 is 0 Å². The van der Waals surface area contributed by atoms with Crippen LogP contribution in [-0.2, 0) is 0 Å². The van der Waals surface area contributed by atoms with Gasteiger partial charge in [0.1, 0.15) is 5.75 Å². The van der Waals surface area contributed by atoms with Gasteiger partial charge in [-0.2, -0.15) is 0 Å². The summed E-state index contributed by atoms with van der Waals surface area (Å²) in [5.41, 5.74) is 0.910. The Morgan fingerprint density at radius 3 is 2.43 bits per heavy atom. The highest BCUT2D eigenvalue weighted by atomic mass is 16.5. The van der Waals surface area contributed by atoms with E-state index in [0.717, 1.165) is 11.3 Å². The molecule has 0 bridgehead atoms. The summed E-state index contributed by atoms with van der Waals surface area (Å²) in [6.07, 6.45) is -1.02. The van der Waals surface area contributed by atoms with Crippen LogP contribution in [0.4, 0.5) is 4.79 Å². The molecular weight excluding hydrogens is 182 g/mol. The van der Waals surface area contributed by atoms with E-state index >= 15 is 0 Å². The second-order valence-electron chi connectivity index (χ2n) is 2.94. The molecule has 4 heteroatoms. The minimum atomic E-state index is -1.02. The van der Waals surface area contributed by atoms with E-state index in [4.69, 9.17) is 9.84 Å². The van der Waals surface area contributed by atoms with Gasteiger partial charge in [0.25, 0.3) is 0 Å². The average Bonchev–Trinajstić information content (AvgIpc) is 2.17. The fourth-order valence-corrected chi connectivity index (χ4v) is 1.16. The first-order valence-electron chi connectivity index (χ1n) is 4.27. The van der Waals surface area contributed by atoms with Gasteiger partial charge in [-0.05, 0) is 24.6 Å². The molecule has 0 aliphatic rings. The molecule has 0 heterocycles. The third-order valence-electron chi connectivity index (χ3n) is 1.96. The predicted molar refractivity (Wildman–Crippen MR) is 52.6 cm³/mol. The number of benzene rings is 1. The summed E-state index contributed by atoms with van der Waals surface area (Å²) in [5, 5.41) is 10.9. The summed E-state index contributed by atoms with van der Waals surface area (Å²) in [7, 11) is 1.59. The van der Waals surface area contributed by atoms with Gasteiger partial charge in [-0.15, -0.1) is 0 Å². The zero-order valence-electron chi connectivity index (χ0n) is 8.15. The smallest absolute Gasteiger partial charge is 0.405 e. The van der Waals surface area contributed by atoms with E-state index in [0.29, 0.717) is 0 Å². The highest BCUT2D eigenvalue weighted by molar-refractivity contribution is 5.65. The molecule has 0 radical (unpaired) electrons. The minimum absolute atomic E-state index is 0.210. The molecule has 4 nitrogen and oxygen atoms in total. The fraction of sp³-hybridized carbons (Fsp3) is 0.300. The Morgan fingerprint density at radius 2 is 2.00 bits per heavy atom. The normalized spacial score (nSPS) is 11.9. The maximum Gasteiger partial charge on any atom is 0.405 e. The van der Waals surface area contributed by atoms with E-state index in [9.17, 15) is 4.79 Å². The molecule has 0 aliphatic carbocycles. The van der Waals surface area contributed by atoms with Gasteiger partial charge in [0.05, 0.1) is 13.2 Å². The van der Waals surface area contributed by atoms with E-state index in [1.54, 1.807) is 26.2 Å². The summed E-state index contributed by atoms with van der Waals surface area (Å²) < 4.78 is 4.99. The quantitative estimate of drug-likeness (QED) is 0.775. The van der Waals surface area contributed by atoms with Crippen molar-refractivity contribution >= 4 is 6.09 Å². The molecule has 0 aromatic heterocycles. The number of carbonyl (C=O) groups is 1. The Labute approximate surface area is 82.5 Å². The highest BCUT2D eigenvalue weighted by Gasteiger charge is 2.07. The Bertz CT molecular complexity index is 308. The summed E-state index contributed by atoms with van der Waals surface area (Å²) in [5.74, 6) is 0.760. The predicted octanol–water partition coefficient (Wildman–Crippen LogP) is 2.02. The number of hydrogen-bond acceptors (Lipinski definition) is 2. The number of carboxylic acid groups (broad SMARTS) is 1. The molecule has 0 aliphatic heterocycles. The molecule has 0 saturated heterocycles. The molecule has 0 spiro atoms. The second-order valence-corrected chi connectivity index (χ2v) is 2.94. The topological polar surface area (TPSA) is 58.6 Å². The molecule has 0 fully saturated rings. The lowest BCUT2D eigenvalue weighted by Gasteiger charge is -2.11. The van der Waals surface area contributed by atoms with E-state index in [1.807, 2.05) is 12.1 Å². The largest absolute Gasteiger partial charge is 0.497 e. The van der Waals surface area contributed by atoms with Crippen molar-refractivity contribution in [2.75, 3.05) is 7.11 Å². The van der Waals surface area contributed by atoms with Gasteiger partial charge < -0.3 is 15.2 Å². The number of amides is 1. The Hall–Kier alpha value is -1.71. The number of nitrogens with one attached hydrogen (secondary N) is 1. The third kappa shape index (κ3) is 2.65. The van der Waals surface area contributed by atoms with Crippen LogP contribution in [0.2, 0.25) is 0 Å². The van der Waals surface area contributed by atoms with Gasteiger partial charge in [-0.1, -0.05) is 12.1 Å². The lowest BCUT2D eigenvalue weighted by atomic mass is 10.1. The van der Waals surface area contributed by atoms with Gasteiger partial charge in [0.2, 0.25) is 0 Å². The number of methoxy groups -OCH3 is 1. The second kappa shape index (κ2) is 4.50. The fourth-order valence-electron chi connectivity index (χ4n) is 1.16. The van der Waals surface area contributed by atoms with Gasteiger partial charge in [0, 0.05) is 0 Å². The summed E-state index contributed by atoms with van der Waals surface area (Å²) in [6, 6.07) is 7.06. The first-order valence-corrected chi connectivity index (χ1v) is 4.27. The van der Waals surface area contributed by atoms with Crippen molar-refractivity contribution in [3.8, 4) is 5.75 Å². The Morgan fingerprint density at radius 1 is 1.43 bits per heavy atom. The molecule has 1 unspecified atom stereocenters. The van der Waals surface area contributed by atoms with Gasteiger partial charge in [-0.3, -0.25) is 0 Å². The van der Waals surface area contributed by atoms with Crippen LogP contribution in [0.3, 0.4) is 0 Å². The number of rotatable bonds is 3. The molecule has 1 aromatic carbocycles. The maximum atomic E-state index is 10.4. The van der Waals surface area contributed by atoms with Crippen LogP contribution in [0, 0.1) is 0 Å². The van der Waals surface area contributed by atoms with Crippen molar-refractivity contribution in [1.82, 2.24) is 5.32 Å². The zero-order valence-corrected chi connectivity index (χ0v) is 8.15. The number of ether oxygens (including phenoxy) is 1. The molecule has 1 atom stereocenters. The van der Waals surface area contributed by atoms with E-state index in [2.05, 4.69) is 5.32 Å². The van der Waals surface area contributed by atoms with E-state index in [1.165, 1.54) is 0 Å². The monoisotopic (exact) mass is 195 g/mol. The highest BCUT2D eigenvalue weighted by Crippen LogP contribution is 2.16. The summed E-state index contributed by atoms with van der Waals surface area (Å²) in [4.78, 5) is 10.4. The van der Waals surface area contributed by atoms with Crippen LogP contribution < -0.4 is 10.1 Å². The van der Waals surface area contributed by atoms with Crippen molar-refractivity contribution in [2.45, 2.75) is 13.0 Å². The lowest BCUT2D eigenvalue weighted by Crippen LogP contribution is -2.24. The van der Waals surface area contributed by atoms with Crippen molar-refractivity contribution in [3.05, 3.63) is 29.8 Å². The summed E-state index contributed by atoms with van der Waals surface area (Å²) >= 11 is 0. The standard InChI is InChI=1S/C10H13NO3/c1-7(11-10(12)13)8-3-5-9(14-2)6-4-8/h3-7,11H,1-2H3,(H,12,13). The molecule has 76 valence electrons. The Kier molecular flexibility index (Phi) is 3.34. The molecule has 1 aromatic rings. The molecule has 14 heavy (non-hydrogen) atoms. The van der Waals surface area contributed by atoms with Crippen molar-refractivity contribution in [3.63, 3.8) is 0 Å². The first kappa shape index (κ1) is 10.4. The van der Waals surface area contributed by atoms with Crippen molar-refractivity contribution in [1.29, 1.82) is 0 Å². The zero-order chi connectivity index (χ0) is 10.6. The van der Waals surface area contributed by atoms with Gasteiger partial charge >= 0.3 is 6.09 Å². The van der Waals surface area contributed by atoms with Gasteiger partial charge in [0.15, 0.2) is 0 Å². The SMILES string of the molecule is COc1ccc(C(C)NC(=O)O)cc1. The van der Waals surface area contributed by atoms with Crippen molar-refractivity contribution < 1.29 is 14.6 Å².